The lowest BCUT2D eigenvalue weighted by Crippen LogP contribution is -2.27. The number of carbonyl (C=O) groups excluding carboxylic acids is 1. The Morgan fingerprint density at radius 1 is 1.64 bits per heavy atom. The van der Waals surface area contributed by atoms with E-state index in [1.807, 2.05) is 13.8 Å². The number of ether oxygens (including phenoxy) is 3. The van der Waals surface area contributed by atoms with Gasteiger partial charge >= 0.3 is 5.97 Å². The van der Waals surface area contributed by atoms with Gasteiger partial charge in [-0.1, -0.05) is 0 Å². The van der Waals surface area contributed by atoms with E-state index in [0.717, 1.165) is 0 Å². The van der Waals surface area contributed by atoms with Gasteiger partial charge in [0.15, 0.2) is 5.79 Å². The fourth-order valence-electron chi connectivity index (χ4n) is 1.48. The molecule has 1 heterocycles. The monoisotopic (exact) mass is 202 g/mol. The van der Waals surface area contributed by atoms with Gasteiger partial charge in [-0.2, -0.15) is 0 Å². The van der Waals surface area contributed by atoms with Gasteiger partial charge in [-0.05, 0) is 20.8 Å². The van der Waals surface area contributed by atoms with Gasteiger partial charge in [-0.25, -0.2) is 0 Å². The van der Waals surface area contributed by atoms with Crippen molar-refractivity contribution in [2.24, 2.45) is 0 Å². The maximum atomic E-state index is 11.1. The summed E-state index contributed by atoms with van der Waals surface area (Å²) in [5.41, 5.74) is 0. The Balaban J connectivity index is 2.27. The molecular formula is C10H18O4. The van der Waals surface area contributed by atoms with E-state index >= 15 is 0 Å². The average molecular weight is 202 g/mol. The highest BCUT2D eigenvalue weighted by Crippen LogP contribution is 2.27. The molecule has 0 N–H and O–H groups in total. The van der Waals surface area contributed by atoms with Crippen LogP contribution in [0, 0.1) is 0 Å². The van der Waals surface area contributed by atoms with E-state index in [1.165, 1.54) is 0 Å². The van der Waals surface area contributed by atoms with Crippen molar-refractivity contribution in [1.29, 1.82) is 0 Å². The molecular weight excluding hydrogens is 184 g/mol. The van der Waals surface area contributed by atoms with Crippen molar-refractivity contribution >= 4 is 5.97 Å². The molecule has 0 aliphatic carbocycles. The van der Waals surface area contributed by atoms with Crippen LogP contribution in [0.5, 0.6) is 0 Å². The molecule has 4 nitrogen and oxygen atoms in total. The molecule has 1 aliphatic rings. The fourth-order valence-corrected chi connectivity index (χ4v) is 1.48. The molecule has 2 atom stereocenters. The van der Waals surface area contributed by atoms with Crippen LogP contribution in [0.15, 0.2) is 0 Å². The van der Waals surface area contributed by atoms with Gasteiger partial charge in [-0.3, -0.25) is 4.79 Å². The van der Waals surface area contributed by atoms with Gasteiger partial charge in [0.2, 0.25) is 0 Å². The average Bonchev–Trinajstić information content (AvgIpc) is 2.45. The lowest BCUT2D eigenvalue weighted by Gasteiger charge is -2.22. The normalized spacial score (nSPS) is 31.8. The molecule has 14 heavy (non-hydrogen) atoms. The standard InChI is InChI=1S/C10H18O4/c1-4-12-9(11)5-6-10(3)13-7-8(2)14-10/h8H,4-7H2,1-3H3/t8-,10-/m1/s1. The summed E-state index contributed by atoms with van der Waals surface area (Å²) in [7, 11) is 0. The molecule has 4 heteroatoms. The van der Waals surface area contributed by atoms with Crippen LogP contribution in [0.3, 0.4) is 0 Å². The van der Waals surface area contributed by atoms with Crippen molar-refractivity contribution in [3.63, 3.8) is 0 Å². The minimum Gasteiger partial charge on any atom is -0.466 e. The summed E-state index contributed by atoms with van der Waals surface area (Å²) in [6, 6.07) is 0. The summed E-state index contributed by atoms with van der Waals surface area (Å²) in [5, 5.41) is 0. The maximum absolute atomic E-state index is 11.1. The SMILES string of the molecule is CCOC(=O)CC[C@]1(C)OC[C@@H](C)O1. The van der Waals surface area contributed by atoms with E-state index < -0.39 is 5.79 Å². The minimum absolute atomic E-state index is 0.113. The molecule has 1 aliphatic heterocycles. The first kappa shape index (κ1) is 11.5. The molecule has 0 spiro atoms. The fraction of sp³-hybridized carbons (Fsp3) is 0.900. The van der Waals surface area contributed by atoms with Crippen LogP contribution in [0.1, 0.15) is 33.6 Å². The predicted molar refractivity (Wildman–Crippen MR) is 50.8 cm³/mol. The Kier molecular flexibility index (Phi) is 3.89. The smallest absolute Gasteiger partial charge is 0.305 e. The zero-order chi connectivity index (χ0) is 10.6. The molecule has 1 saturated heterocycles. The molecule has 1 rings (SSSR count). The molecule has 1 fully saturated rings. The van der Waals surface area contributed by atoms with Crippen LogP contribution in [0.25, 0.3) is 0 Å². The highest BCUT2D eigenvalue weighted by atomic mass is 16.7. The number of rotatable bonds is 4. The van der Waals surface area contributed by atoms with Crippen molar-refractivity contribution in [2.75, 3.05) is 13.2 Å². The van der Waals surface area contributed by atoms with Gasteiger partial charge in [0.1, 0.15) is 0 Å². The van der Waals surface area contributed by atoms with Gasteiger partial charge < -0.3 is 14.2 Å². The first-order valence-corrected chi connectivity index (χ1v) is 5.03. The summed E-state index contributed by atoms with van der Waals surface area (Å²) in [4.78, 5) is 11.1. The molecule has 0 aromatic heterocycles. The molecule has 0 unspecified atom stereocenters. The van der Waals surface area contributed by atoms with E-state index in [-0.39, 0.29) is 12.1 Å². The highest BCUT2D eigenvalue weighted by molar-refractivity contribution is 5.69. The third kappa shape index (κ3) is 3.27. The van der Waals surface area contributed by atoms with E-state index in [1.54, 1.807) is 6.92 Å². The number of esters is 1. The Morgan fingerprint density at radius 3 is 2.86 bits per heavy atom. The molecule has 0 saturated carbocycles. The Morgan fingerprint density at radius 2 is 2.36 bits per heavy atom. The second kappa shape index (κ2) is 4.75. The van der Waals surface area contributed by atoms with Crippen molar-refractivity contribution < 1.29 is 19.0 Å². The lowest BCUT2D eigenvalue weighted by atomic mass is 10.2. The van der Waals surface area contributed by atoms with Crippen molar-refractivity contribution in [3.05, 3.63) is 0 Å². The van der Waals surface area contributed by atoms with Gasteiger partial charge in [0, 0.05) is 6.42 Å². The minimum atomic E-state index is -0.605. The van der Waals surface area contributed by atoms with E-state index in [0.29, 0.717) is 26.1 Å². The molecule has 0 amide bonds. The maximum Gasteiger partial charge on any atom is 0.305 e. The van der Waals surface area contributed by atoms with Gasteiger partial charge in [0.25, 0.3) is 0 Å². The summed E-state index contributed by atoms with van der Waals surface area (Å²) in [6.07, 6.45) is 1.01. The van der Waals surface area contributed by atoms with Crippen LogP contribution in [0.2, 0.25) is 0 Å². The summed E-state index contributed by atoms with van der Waals surface area (Å²) in [5.74, 6) is -0.799. The largest absolute Gasteiger partial charge is 0.466 e. The van der Waals surface area contributed by atoms with Crippen LogP contribution in [-0.4, -0.2) is 31.1 Å². The van der Waals surface area contributed by atoms with E-state index in [2.05, 4.69) is 0 Å². The molecule has 0 aromatic carbocycles. The molecule has 0 radical (unpaired) electrons. The summed E-state index contributed by atoms with van der Waals surface area (Å²) in [6.45, 7) is 6.63. The predicted octanol–water partition coefficient (Wildman–Crippen LogP) is 1.48. The molecule has 0 bridgehead atoms. The topological polar surface area (TPSA) is 44.8 Å². The Bertz CT molecular complexity index is 204. The number of hydrogen-bond acceptors (Lipinski definition) is 4. The Labute approximate surface area is 84.5 Å². The summed E-state index contributed by atoms with van der Waals surface area (Å²) >= 11 is 0. The second-order valence-corrected chi connectivity index (χ2v) is 3.68. The number of carbonyl (C=O) groups is 1. The van der Waals surface area contributed by atoms with Crippen LogP contribution in [0.4, 0.5) is 0 Å². The second-order valence-electron chi connectivity index (χ2n) is 3.68. The summed E-state index contributed by atoms with van der Waals surface area (Å²) < 4.78 is 15.8. The zero-order valence-corrected chi connectivity index (χ0v) is 9.04. The zero-order valence-electron chi connectivity index (χ0n) is 9.04. The highest BCUT2D eigenvalue weighted by Gasteiger charge is 2.35. The van der Waals surface area contributed by atoms with Crippen LogP contribution in [-0.2, 0) is 19.0 Å². The van der Waals surface area contributed by atoms with Crippen molar-refractivity contribution in [2.45, 2.75) is 45.5 Å². The van der Waals surface area contributed by atoms with Gasteiger partial charge in [-0.15, -0.1) is 0 Å². The first-order chi connectivity index (χ1) is 6.56. The van der Waals surface area contributed by atoms with Gasteiger partial charge in [0.05, 0.1) is 25.7 Å². The quantitative estimate of drug-likeness (QED) is 0.648. The van der Waals surface area contributed by atoms with Crippen molar-refractivity contribution in [3.8, 4) is 0 Å². The van der Waals surface area contributed by atoms with Crippen molar-refractivity contribution in [1.82, 2.24) is 0 Å². The third-order valence-corrected chi connectivity index (χ3v) is 2.16. The number of hydrogen-bond donors (Lipinski definition) is 0. The van der Waals surface area contributed by atoms with E-state index in [4.69, 9.17) is 14.2 Å². The lowest BCUT2D eigenvalue weighted by molar-refractivity contribution is -0.166. The first-order valence-electron chi connectivity index (χ1n) is 5.03. The van der Waals surface area contributed by atoms with E-state index in [9.17, 15) is 4.79 Å². The third-order valence-electron chi connectivity index (χ3n) is 2.16. The van der Waals surface area contributed by atoms with Crippen LogP contribution >= 0.6 is 0 Å². The molecule has 0 aromatic rings. The van der Waals surface area contributed by atoms with Crippen LogP contribution < -0.4 is 0 Å². The molecule has 82 valence electrons. The Hall–Kier alpha value is -0.610.